The molecule has 1 aliphatic rings. The van der Waals surface area contributed by atoms with Gasteiger partial charge in [0.05, 0.1) is 31.5 Å². The highest BCUT2D eigenvalue weighted by molar-refractivity contribution is 5.88. The Balaban J connectivity index is 2.44. The van der Waals surface area contributed by atoms with Gasteiger partial charge in [0, 0.05) is 23.4 Å². The van der Waals surface area contributed by atoms with Crippen molar-refractivity contribution in [3.8, 4) is 11.5 Å². The van der Waals surface area contributed by atoms with Gasteiger partial charge in [0.1, 0.15) is 11.5 Å². The minimum atomic E-state index is -1.01. The van der Waals surface area contributed by atoms with Gasteiger partial charge >= 0.3 is 5.97 Å². The molecule has 23 heavy (non-hydrogen) atoms. The van der Waals surface area contributed by atoms with E-state index in [9.17, 15) is 9.59 Å². The lowest BCUT2D eigenvalue weighted by molar-refractivity contribution is -0.136. The maximum atomic E-state index is 12.8. The lowest BCUT2D eigenvalue weighted by Gasteiger charge is -2.20. The minimum absolute atomic E-state index is 0.269. The highest BCUT2D eigenvalue weighted by Gasteiger charge is 2.30. The van der Waals surface area contributed by atoms with Crippen molar-refractivity contribution in [3.63, 3.8) is 0 Å². The minimum Gasteiger partial charge on any atom is -0.497 e. The molecule has 1 aliphatic carbocycles. The first kappa shape index (κ1) is 15.4. The van der Waals surface area contributed by atoms with Crippen LogP contribution in [0.5, 0.6) is 11.5 Å². The van der Waals surface area contributed by atoms with Crippen molar-refractivity contribution >= 4 is 16.9 Å². The van der Waals surface area contributed by atoms with Gasteiger partial charge in [0.15, 0.2) is 5.43 Å². The number of aromatic nitrogens is 1. The van der Waals surface area contributed by atoms with Gasteiger partial charge in [0.2, 0.25) is 0 Å². The molecule has 122 valence electrons. The molecular weight excluding hydrogens is 298 g/mol. The number of pyridine rings is 1. The SMILES string of the molecule is COc1cc(OC)c2c(c1)c(=O)c(CC(=O)O)c(C)n2C1CC1. The van der Waals surface area contributed by atoms with Crippen molar-refractivity contribution < 1.29 is 19.4 Å². The van der Waals surface area contributed by atoms with Crippen LogP contribution in [0.15, 0.2) is 16.9 Å². The number of carbonyl (C=O) groups is 1. The Morgan fingerprint density at radius 2 is 2.00 bits per heavy atom. The van der Waals surface area contributed by atoms with E-state index in [0.717, 1.165) is 12.8 Å². The van der Waals surface area contributed by atoms with Crippen LogP contribution in [0.25, 0.3) is 10.9 Å². The molecule has 0 amide bonds. The van der Waals surface area contributed by atoms with Gasteiger partial charge < -0.3 is 19.1 Å². The van der Waals surface area contributed by atoms with Gasteiger partial charge in [-0.1, -0.05) is 0 Å². The van der Waals surface area contributed by atoms with E-state index in [-0.39, 0.29) is 17.9 Å². The number of carboxylic acids is 1. The first-order valence-corrected chi connectivity index (χ1v) is 7.49. The summed E-state index contributed by atoms with van der Waals surface area (Å²) in [5.74, 6) is 0.0639. The molecule has 0 saturated heterocycles. The highest BCUT2D eigenvalue weighted by Crippen LogP contribution is 2.41. The zero-order valence-electron chi connectivity index (χ0n) is 13.4. The van der Waals surface area contributed by atoms with Gasteiger partial charge in [-0.3, -0.25) is 9.59 Å². The molecule has 2 aromatic rings. The smallest absolute Gasteiger partial charge is 0.308 e. The van der Waals surface area contributed by atoms with Crippen LogP contribution in [0, 0.1) is 6.92 Å². The van der Waals surface area contributed by atoms with Crippen molar-refractivity contribution in [1.29, 1.82) is 0 Å². The molecule has 1 heterocycles. The fourth-order valence-corrected chi connectivity index (χ4v) is 3.07. The molecule has 1 saturated carbocycles. The largest absolute Gasteiger partial charge is 0.497 e. The molecule has 1 fully saturated rings. The summed E-state index contributed by atoms with van der Waals surface area (Å²) in [6.07, 6.45) is 1.74. The molecule has 6 nitrogen and oxygen atoms in total. The first-order valence-electron chi connectivity index (χ1n) is 7.49. The first-order chi connectivity index (χ1) is 11.0. The average Bonchev–Trinajstić information content (AvgIpc) is 3.35. The van der Waals surface area contributed by atoms with Crippen LogP contribution in [-0.4, -0.2) is 29.9 Å². The summed E-state index contributed by atoms with van der Waals surface area (Å²) in [5.41, 5.74) is 1.48. The Bertz CT molecular complexity index is 848. The zero-order valence-corrected chi connectivity index (χ0v) is 13.4. The molecule has 0 aliphatic heterocycles. The van der Waals surface area contributed by atoms with Crippen LogP contribution >= 0.6 is 0 Å². The van der Waals surface area contributed by atoms with E-state index in [1.54, 1.807) is 26.2 Å². The average molecular weight is 317 g/mol. The molecule has 0 radical (unpaired) electrons. The number of methoxy groups -OCH3 is 2. The summed E-state index contributed by atoms with van der Waals surface area (Å²) in [6.45, 7) is 1.81. The third-order valence-corrected chi connectivity index (χ3v) is 4.30. The molecule has 0 bridgehead atoms. The summed E-state index contributed by atoms with van der Waals surface area (Å²) in [5, 5.41) is 9.58. The second-order valence-corrected chi connectivity index (χ2v) is 5.79. The van der Waals surface area contributed by atoms with E-state index in [1.807, 2.05) is 4.57 Å². The number of hydrogen-bond donors (Lipinski definition) is 1. The number of aliphatic carboxylic acids is 1. The van der Waals surface area contributed by atoms with E-state index >= 15 is 0 Å². The lowest BCUT2D eigenvalue weighted by Crippen LogP contribution is -2.21. The van der Waals surface area contributed by atoms with Crippen LogP contribution in [0.2, 0.25) is 0 Å². The van der Waals surface area contributed by atoms with E-state index < -0.39 is 5.97 Å². The molecule has 1 aromatic carbocycles. The fraction of sp³-hybridized carbons (Fsp3) is 0.412. The molecule has 0 unspecified atom stereocenters. The third-order valence-electron chi connectivity index (χ3n) is 4.30. The fourth-order valence-electron chi connectivity index (χ4n) is 3.07. The van der Waals surface area contributed by atoms with Crippen molar-refractivity contribution in [1.82, 2.24) is 4.57 Å². The number of carboxylic acid groups (broad SMARTS) is 1. The van der Waals surface area contributed by atoms with Crippen molar-refractivity contribution in [2.75, 3.05) is 14.2 Å². The molecular formula is C17H19NO5. The van der Waals surface area contributed by atoms with Gasteiger partial charge in [-0.05, 0) is 25.8 Å². The number of rotatable bonds is 5. The van der Waals surface area contributed by atoms with Gasteiger partial charge in [-0.2, -0.15) is 0 Å². The van der Waals surface area contributed by atoms with Crippen LogP contribution in [0.4, 0.5) is 0 Å². The van der Waals surface area contributed by atoms with E-state index in [4.69, 9.17) is 14.6 Å². The van der Waals surface area contributed by atoms with E-state index in [0.29, 0.717) is 33.7 Å². The molecule has 3 rings (SSSR count). The number of fused-ring (bicyclic) bond motifs is 1. The van der Waals surface area contributed by atoms with Crippen LogP contribution in [-0.2, 0) is 11.2 Å². The summed E-state index contributed by atoms with van der Waals surface area (Å²) in [7, 11) is 3.07. The molecule has 6 heteroatoms. The second-order valence-electron chi connectivity index (χ2n) is 5.79. The number of hydrogen-bond acceptors (Lipinski definition) is 4. The van der Waals surface area contributed by atoms with Gasteiger partial charge in [0.25, 0.3) is 0 Å². The van der Waals surface area contributed by atoms with E-state index in [1.165, 1.54) is 7.11 Å². The third kappa shape index (κ3) is 2.54. The standard InChI is InChI=1S/C17H19NO5/c1-9-12(8-15(19)20)17(21)13-6-11(22-2)7-14(23-3)16(13)18(9)10-4-5-10/h6-7,10H,4-5,8H2,1-3H3,(H,19,20). The number of benzene rings is 1. The van der Waals surface area contributed by atoms with Crippen molar-refractivity contribution in [3.05, 3.63) is 33.6 Å². The molecule has 1 N–H and O–H groups in total. The predicted molar refractivity (Wildman–Crippen MR) is 85.7 cm³/mol. The van der Waals surface area contributed by atoms with Crippen molar-refractivity contribution in [2.45, 2.75) is 32.2 Å². The lowest BCUT2D eigenvalue weighted by atomic mass is 10.0. The van der Waals surface area contributed by atoms with Crippen LogP contribution in [0.3, 0.4) is 0 Å². The normalized spacial score (nSPS) is 14.0. The maximum Gasteiger partial charge on any atom is 0.308 e. The second kappa shape index (κ2) is 5.61. The number of nitrogens with zero attached hydrogens (tertiary/aromatic N) is 1. The molecule has 0 atom stereocenters. The van der Waals surface area contributed by atoms with Gasteiger partial charge in [-0.25, -0.2) is 0 Å². The van der Waals surface area contributed by atoms with Crippen LogP contribution < -0.4 is 14.9 Å². The Kier molecular flexibility index (Phi) is 3.75. The predicted octanol–water partition coefficient (Wildman–Crippen LogP) is 2.29. The summed E-state index contributed by atoms with van der Waals surface area (Å²) >= 11 is 0. The molecule has 1 aromatic heterocycles. The topological polar surface area (TPSA) is 77.8 Å². The van der Waals surface area contributed by atoms with Crippen molar-refractivity contribution in [2.24, 2.45) is 0 Å². The summed E-state index contributed by atoms with van der Waals surface area (Å²) in [4.78, 5) is 24.0. The quantitative estimate of drug-likeness (QED) is 0.915. The van der Waals surface area contributed by atoms with Crippen LogP contribution in [0.1, 0.15) is 30.1 Å². The Labute approximate surface area is 133 Å². The van der Waals surface area contributed by atoms with E-state index in [2.05, 4.69) is 0 Å². The number of ether oxygens (including phenoxy) is 2. The Morgan fingerprint density at radius 3 is 2.52 bits per heavy atom. The summed E-state index contributed by atoms with van der Waals surface area (Å²) in [6, 6.07) is 3.69. The Morgan fingerprint density at radius 1 is 1.30 bits per heavy atom. The molecule has 0 spiro atoms. The summed E-state index contributed by atoms with van der Waals surface area (Å²) < 4.78 is 12.8. The van der Waals surface area contributed by atoms with Gasteiger partial charge in [-0.15, -0.1) is 0 Å². The highest BCUT2D eigenvalue weighted by atomic mass is 16.5. The zero-order chi connectivity index (χ0) is 16.7. The maximum absolute atomic E-state index is 12.8. The monoisotopic (exact) mass is 317 g/mol. The Hall–Kier alpha value is -2.50.